The van der Waals surface area contributed by atoms with Crippen LogP contribution in [0.15, 0.2) is 41.0 Å². The normalized spacial score (nSPS) is 28.0. The van der Waals surface area contributed by atoms with Crippen LogP contribution in [0.5, 0.6) is 0 Å². The zero-order valence-corrected chi connectivity index (χ0v) is 13.0. The second-order valence-electron chi connectivity index (χ2n) is 6.60. The monoisotopic (exact) mass is 326 g/mol. The van der Waals surface area contributed by atoms with Crippen LogP contribution in [-0.4, -0.2) is 28.0 Å². The van der Waals surface area contributed by atoms with E-state index in [1.165, 1.54) is 6.26 Å². The van der Waals surface area contributed by atoms with Crippen molar-refractivity contribution in [1.29, 1.82) is 0 Å². The zero-order chi connectivity index (χ0) is 16.7. The number of hydrogen-bond acceptors (Lipinski definition) is 4. The van der Waals surface area contributed by atoms with Crippen LogP contribution in [0.4, 0.5) is 0 Å². The Morgan fingerprint density at radius 3 is 2.67 bits per heavy atom. The number of amides is 1. The number of benzene rings is 1. The van der Waals surface area contributed by atoms with E-state index in [2.05, 4.69) is 10.3 Å². The Kier molecular flexibility index (Phi) is 3.59. The number of aromatic nitrogens is 1. The number of nitrogens with one attached hydrogen (secondary N) is 1. The maximum atomic E-state index is 12.5. The van der Waals surface area contributed by atoms with E-state index in [1.54, 1.807) is 0 Å². The minimum atomic E-state index is -0.822. The lowest BCUT2D eigenvalue weighted by molar-refractivity contribution is -0.144. The first-order valence-electron chi connectivity index (χ1n) is 8.18. The molecule has 1 amide bonds. The van der Waals surface area contributed by atoms with Crippen molar-refractivity contribution in [2.75, 3.05) is 0 Å². The first-order valence-corrected chi connectivity index (χ1v) is 8.18. The lowest BCUT2D eigenvalue weighted by Crippen LogP contribution is -2.46. The molecule has 2 fully saturated rings. The molecule has 0 saturated heterocycles. The summed E-state index contributed by atoms with van der Waals surface area (Å²) in [5, 5.41) is 12.3. The average Bonchev–Trinajstić information content (AvgIpc) is 3.31. The van der Waals surface area contributed by atoms with Crippen LogP contribution in [0, 0.1) is 17.8 Å². The molecule has 2 saturated carbocycles. The SMILES string of the molecule is O=C(N[C@@H]1[C@H]2CC[C@@H](C2)[C@@H]1C(=O)O)c1coc(-c2ccccc2)n1. The molecule has 2 N–H and O–H groups in total. The molecule has 124 valence electrons. The van der Waals surface area contributed by atoms with E-state index in [1.807, 2.05) is 30.3 Å². The van der Waals surface area contributed by atoms with E-state index >= 15 is 0 Å². The van der Waals surface area contributed by atoms with Crippen LogP contribution < -0.4 is 5.32 Å². The topological polar surface area (TPSA) is 92.4 Å². The molecule has 4 atom stereocenters. The molecule has 2 aliphatic rings. The first-order chi connectivity index (χ1) is 11.6. The van der Waals surface area contributed by atoms with Crippen LogP contribution in [0.2, 0.25) is 0 Å². The molecule has 0 spiro atoms. The molecule has 1 aromatic carbocycles. The maximum absolute atomic E-state index is 12.5. The summed E-state index contributed by atoms with van der Waals surface area (Å²) in [7, 11) is 0. The van der Waals surface area contributed by atoms with Crippen molar-refractivity contribution in [3.05, 3.63) is 42.3 Å². The van der Waals surface area contributed by atoms with Crippen LogP contribution in [0.1, 0.15) is 29.8 Å². The predicted octanol–water partition coefficient (Wildman–Crippen LogP) is 2.57. The zero-order valence-electron chi connectivity index (χ0n) is 13.0. The van der Waals surface area contributed by atoms with Crippen molar-refractivity contribution in [3.8, 4) is 11.5 Å². The highest BCUT2D eigenvalue weighted by molar-refractivity contribution is 5.93. The first kappa shape index (κ1) is 14.9. The van der Waals surface area contributed by atoms with Crippen LogP contribution in [0.3, 0.4) is 0 Å². The molecule has 0 unspecified atom stereocenters. The van der Waals surface area contributed by atoms with Gasteiger partial charge in [0.15, 0.2) is 5.69 Å². The summed E-state index contributed by atoms with van der Waals surface area (Å²) in [5.41, 5.74) is 0.973. The van der Waals surface area contributed by atoms with Crippen molar-refractivity contribution in [2.45, 2.75) is 25.3 Å². The van der Waals surface area contributed by atoms with Crippen molar-refractivity contribution in [2.24, 2.45) is 17.8 Å². The van der Waals surface area contributed by atoms with E-state index in [4.69, 9.17) is 4.42 Å². The molecule has 2 aliphatic carbocycles. The molecule has 2 aromatic rings. The third-order valence-electron chi connectivity index (χ3n) is 5.26. The number of rotatable bonds is 4. The standard InChI is InChI=1S/C18H18N2O4/c21-16(13-9-24-17(19-13)10-4-2-1-3-5-10)20-15-12-7-6-11(8-12)14(15)18(22)23/h1-5,9,11-12,14-15H,6-8H2,(H,20,21)(H,22,23)/t11-,12-,14-,15+/m0/s1. The molecule has 0 radical (unpaired) electrons. The summed E-state index contributed by atoms with van der Waals surface area (Å²) in [4.78, 5) is 28.2. The number of carboxylic acids is 1. The van der Waals surface area contributed by atoms with Crippen molar-refractivity contribution in [1.82, 2.24) is 10.3 Å². The fourth-order valence-corrected chi connectivity index (χ4v) is 4.17. The Morgan fingerprint density at radius 1 is 1.17 bits per heavy atom. The van der Waals surface area contributed by atoms with Gasteiger partial charge in [-0.15, -0.1) is 0 Å². The summed E-state index contributed by atoms with van der Waals surface area (Å²) in [5.74, 6) is -0.880. The Labute approximate surface area is 138 Å². The number of carboxylic acid groups (broad SMARTS) is 1. The van der Waals surface area contributed by atoms with Crippen molar-refractivity contribution < 1.29 is 19.1 Å². The number of carbonyl (C=O) groups is 2. The molecular formula is C18H18N2O4. The molecule has 6 nitrogen and oxygen atoms in total. The van der Waals surface area contributed by atoms with Crippen LogP contribution >= 0.6 is 0 Å². The van der Waals surface area contributed by atoms with E-state index < -0.39 is 11.9 Å². The average molecular weight is 326 g/mol. The van der Waals surface area contributed by atoms with Crippen LogP contribution in [-0.2, 0) is 4.79 Å². The highest BCUT2D eigenvalue weighted by Gasteiger charge is 2.51. The van der Waals surface area contributed by atoms with Gasteiger partial charge >= 0.3 is 5.97 Å². The summed E-state index contributed by atoms with van der Waals surface area (Å²) in [6.07, 6.45) is 4.13. The van der Waals surface area contributed by atoms with Gasteiger partial charge in [0.25, 0.3) is 5.91 Å². The number of carbonyl (C=O) groups excluding carboxylic acids is 1. The van der Waals surface area contributed by atoms with E-state index in [9.17, 15) is 14.7 Å². The largest absolute Gasteiger partial charge is 0.481 e. The Morgan fingerprint density at radius 2 is 1.92 bits per heavy atom. The highest BCUT2D eigenvalue weighted by Crippen LogP contribution is 2.48. The fraction of sp³-hybridized carbons (Fsp3) is 0.389. The van der Waals surface area contributed by atoms with Gasteiger partial charge in [0.1, 0.15) is 6.26 Å². The summed E-state index contributed by atoms with van der Waals surface area (Å²) in [6, 6.07) is 9.01. The summed E-state index contributed by atoms with van der Waals surface area (Å²) in [6.45, 7) is 0. The second kappa shape index (κ2) is 5.78. The van der Waals surface area contributed by atoms with Gasteiger partial charge < -0.3 is 14.8 Å². The van der Waals surface area contributed by atoms with E-state index in [0.29, 0.717) is 5.89 Å². The number of nitrogens with zero attached hydrogens (tertiary/aromatic N) is 1. The lowest BCUT2D eigenvalue weighted by Gasteiger charge is -2.28. The van der Waals surface area contributed by atoms with Gasteiger partial charge in [-0.3, -0.25) is 9.59 Å². The molecule has 1 aromatic heterocycles. The molecule has 6 heteroatoms. The number of oxazole rings is 1. The predicted molar refractivity (Wildman–Crippen MR) is 85.2 cm³/mol. The van der Waals surface area contributed by atoms with Gasteiger partial charge in [-0.1, -0.05) is 18.2 Å². The third-order valence-corrected chi connectivity index (χ3v) is 5.26. The summed E-state index contributed by atoms with van der Waals surface area (Å²) >= 11 is 0. The van der Waals surface area contributed by atoms with Gasteiger partial charge in [0.05, 0.1) is 5.92 Å². The fourth-order valence-electron chi connectivity index (χ4n) is 4.17. The van der Waals surface area contributed by atoms with E-state index in [-0.39, 0.29) is 29.5 Å². The Hall–Kier alpha value is -2.63. The molecule has 1 heterocycles. The number of aliphatic carboxylic acids is 1. The lowest BCUT2D eigenvalue weighted by atomic mass is 9.84. The molecule has 4 rings (SSSR count). The van der Waals surface area contributed by atoms with Gasteiger partial charge in [-0.25, -0.2) is 4.98 Å². The summed E-state index contributed by atoms with van der Waals surface area (Å²) < 4.78 is 5.38. The van der Waals surface area contributed by atoms with Crippen molar-refractivity contribution >= 4 is 11.9 Å². The van der Waals surface area contributed by atoms with Gasteiger partial charge in [0, 0.05) is 11.6 Å². The number of fused-ring (bicyclic) bond motifs is 2. The molecule has 0 aliphatic heterocycles. The Balaban J connectivity index is 1.51. The van der Waals surface area contributed by atoms with Gasteiger partial charge in [-0.2, -0.15) is 0 Å². The quantitative estimate of drug-likeness (QED) is 0.901. The minimum absolute atomic E-state index is 0.176. The van der Waals surface area contributed by atoms with Crippen molar-refractivity contribution in [3.63, 3.8) is 0 Å². The second-order valence-corrected chi connectivity index (χ2v) is 6.60. The molecule has 2 bridgehead atoms. The molecular weight excluding hydrogens is 308 g/mol. The van der Waals surface area contributed by atoms with Crippen LogP contribution in [0.25, 0.3) is 11.5 Å². The minimum Gasteiger partial charge on any atom is -0.481 e. The maximum Gasteiger partial charge on any atom is 0.308 e. The molecule has 24 heavy (non-hydrogen) atoms. The van der Waals surface area contributed by atoms with Gasteiger partial charge in [0.2, 0.25) is 5.89 Å². The highest BCUT2D eigenvalue weighted by atomic mass is 16.4. The Bertz CT molecular complexity index is 770. The van der Waals surface area contributed by atoms with E-state index in [0.717, 1.165) is 24.8 Å². The smallest absolute Gasteiger partial charge is 0.308 e. The number of hydrogen-bond donors (Lipinski definition) is 2. The van der Waals surface area contributed by atoms with Gasteiger partial charge in [-0.05, 0) is 43.2 Å². The third kappa shape index (κ3) is 2.48.